The van der Waals surface area contributed by atoms with E-state index in [0.717, 1.165) is 38.4 Å². The summed E-state index contributed by atoms with van der Waals surface area (Å²) in [6, 6.07) is 2.19. The molecule has 96 valence electrons. The molecule has 0 radical (unpaired) electrons. The van der Waals surface area contributed by atoms with Crippen LogP contribution in [0, 0.1) is 0 Å². The summed E-state index contributed by atoms with van der Waals surface area (Å²) < 4.78 is 7.54. The molecule has 0 bridgehead atoms. The van der Waals surface area contributed by atoms with Crippen LogP contribution in [0.3, 0.4) is 0 Å². The molecule has 1 aromatic heterocycles. The van der Waals surface area contributed by atoms with Gasteiger partial charge >= 0.3 is 0 Å². The average Bonchev–Trinajstić information content (AvgIpc) is 2.70. The number of hydrogen-bond acceptors (Lipinski definition) is 4. The fraction of sp³-hybridized carbons (Fsp3) is 0.750. The van der Waals surface area contributed by atoms with Crippen molar-refractivity contribution < 1.29 is 4.74 Å². The minimum Gasteiger partial charge on any atom is -0.374 e. The highest BCUT2D eigenvalue weighted by molar-refractivity contribution is 5.10. The third-order valence-corrected chi connectivity index (χ3v) is 3.26. The maximum Gasteiger partial charge on any atom is 0.0824 e. The van der Waals surface area contributed by atoms with Crippen LogP contribution in [0.4, 0.5) is 0 Å². The molecule has 17 heavy (non-hydrogen) atoms. The van der Waals surface area contributed by atoms with Crippen LogP contribution in [0.1, 0.15) is 18.3 Å². The van der Waals surface area contributed by atoms with Gasteiger partial charge in [0, 0.05) is 33.2 Å². The van der Waals surface area contributed by atoms with E-state index in [1.54, 1.807) is 0 Å². The van der Waals surface area contributed by atoms with E-state index in [1.807, 2.05) is 11.7 Å². The molecule has 5 heteroatoms. The number of nitrogens with zero attached hydrogens (tertiary/aromatic N) is 3. The zero-order valence-corrected chi connectivity index (χ0v) is 10.7. The minimum absolute atomic E-state index is 0.183. The molecule has 1 saturated heterocycles. The van der Waals surface area contributed by atoms with Gasteiger partial charge in [0.2, 0.25) is 0 Å². The van der Waals surface area contributed by atoms with Crippen LogP contribution in [0.5, 0.6) is 0 Å². The zero-order chi connectivity index (χ0) is 12.3. The molecule has 0 saturated carbocycles. The summed E-state index contributed by atoms with van der Waals surface area (Å²) in [5.74, 6) is 0. The van der Waals surface area contributed by atoms with Crippen LogP contribution in [0.15, 0.2) is 6.07 Å². The second-order valence-corrected chi connectivity index (χ2v) is 4.57. The van der Waals surface area contributed by atoms with E-state index in [2.05, 4.69) is 23.0 Å². The molecule has 2 rings (SSSR count). The van der Waals surface area contributed by atoms with Crippen molar-refractivity contribution in [2.24, 2.45) is 12.8 Å². The Morgan fingerprint density at radius 2 is 2.41 bits per heavy atom. The highest BCUT2D eigenvalue weighted by atomic mass is 16.5. The number of aromatic nitrogens is 2. The van der Waals surface area contributed by atoms with Crippen LogP contribution in [-0.4, -0.2) is 47.0 Å². The van der Waals surface area contributed by atoms with Crippen LogP contribution < -0.4 is 5.73 Å². The summed E-state index contributed by atoms with van der Waals surface area (Å²) in [5, 5.41) is 4.47. The number of aryl methyl sites for hydroxylation is 2. The minimum atomic E-state index is 0.183. The molecular weight excluding hydrogens is 216 g/mol. The van der Waals surface area contributed by atoms with Gasteiger partial charge in [0.15, 0.2) is 0 Å². The van der Waals surface area contributed by atoms with E-state index >= 15 is 0 Å². The molecule has 0 aromatic carbocycles. The molecule has 1 aromatic rings. The molecule has 2 heterocycles. The average molecular weight is 238 g/mol. The first kappa shape index (κ1) is 12.5. The van der Waals surface area contributed by atoms with Gasteiger partial charge in [-0.1, -0.05) is 6.92 Å². The van der Waals surface area contributed by atoms with Crippen molar-refractivity contribution in [3.63, 3.8) is 0 Å². The Balaban J connectivity index is 1.97. The summed E-state index contributed by atoms with van der Waals surface area (Å²) >= 11 is 0. The summed E-state index contributed by atoms with van der Waals surface area (Å²) in [6.45, 7) is 6.34. The molecule has 0 spiro atoms. The molecule has 1 aliphatic rings. The fourth-order valence-corrected chi connectivity index (χ4v) is 2.19. The Kier molecular flexibility index (Phi) is 4.15. The Morgan fingerprint density at radius 1 is 1.59 bits per heavy atom. The number of rotatable bonds is 4. The lowest BCUT2D eigenvalue weighted by molar-refractivity contribution is -0.0267. The fourth-order valence-electron chi connectivity index (χ4n) is 2.19. The normalized spacial score (nSPS) is 21.9. The molecule has 0 aliphatic carbocycles. The van der Waals surface area contributed by atoms with Crippen molar-refractivity contribution in [2.75, 3.05) is 26.2 Å². The van der Waals surface area contributed by atoms with Crippen LogP contribution in [-0.2, 0) is 24.8 Å². The van der Waals surface area contributed by atoms with E-state index in [9.17, 15) is 0 Å². The van der Waals surface area contributed by atoms with Gasteiger partial charge in [-0.15, -0.1) is 0 Å². The van der Waals surface area contributed by atoms with Gasteiger partial charge in [-0.3, -0.25) is 9.58 Å². The lowest BCUT2D eigenvalue weighted by Gasteiger charge is -2.32. The van der Waals surface area contributed by atoms with E-state index in [-0.39, 0.29) is 6.10 Å². The molecule has 2 N–H and O–H groups in total. The summed E-state index contributed by atoms with van der Waals surface area (Å²) in [6.07, 6.45) is 1.17. The second-order valence-electron chi connectivity index (χ2n) is 4.57. The van der Waals surface area contributed by atoms with Gasteiger partial charge in [0.05, 0.1) is 24.1 Å². The van der Waals surface area contributed by atoms with Crippen molar-refractivity contribution in [3.05, 3.63) is 17.5 Å². The maximum atomic E-state index is 5.65. The molecule has 1 fully saturated rings. The summed E-state index contributed by atoms with van der Waals surface area (Å²) in [7, 11) is 2.01. The molecular formula is C12H22N4O. The first-order valence-electron chi connectivity index (χ1n) is 6.28. The van der Waals surface area contributed by atoms with Gasteiger partial charge in [-0.25, -0.2) is 0 Å². The van der Waals surface area contributed by atoms with Crippen LogP contribution >= 0.6 is 0 Å². The smallest absolute Gasteiger partial charge is 0.0824 e. The van der Waals surface area contributed by atoms with E-state index in [4.69, 9.17) is 10.5 Å². The monoisotopic (exact) mass is 238 g/mol. The first-order chi connectivity index (χ1) is 8.22. The van der Waals surface area contributed by atoms with Gasteiger partial charge in [-0.2, -0.15) is 5.10 Å². The lowest BCUT2D eigenvalue weighted by atomic mass is 10.2. The Bertz CT molecular complexity index is 363. The largest absolute Gasteiger partial charge is 0.374 e. The summed E-state index contributed by atoms with van der Waals surface area (Å²) in [5.41, 5.74) is 8.07. The number of ether oxygens (including phenoxy) is 1. The van der Waals surface area contributed by atoms with Crippen molar-refractivity contribution in [1.82, 2.24) is 14.7 Å². The van der Waals surface area contributed by atoms with Gasteiger partial charge in [0.1, 0.15) is 0 Å². The SMILES string of the molecule is CCc1cc(CN2CCOC(CN)C2)n(C)n1. The topological polar surface area (TPSA) is 56.3 Å². The van der Waals surface area contributed by atoms with Crippen molar-refractivity contribution in [2.45, 2.75) is 26.0 Å². The third-order valence-electron chi connectivity index (χ3n) is 3.26. The predicted octanol–water partition coefficient (Wildman–Crippen LogP) is 0.142. The van der Waals surface area contributed by atoms with Gasteiger partial charge in [-0.05, 0) is 12.5 Å². The van der Waals surface area contributed by atoms with Crippen LogP contribution in [0.2, 0.25) is 0 Å². The molecule has 1 aliphatic heterocycles. The van der Waals surface area contributed by atoms with E-state index in [1.165, 1.54) is 5.69 Å². The Morgan fingerprint density at radius 3 is 3.06 bits per heavy atom. The molecule has 0 amide bonds. The van der Waals surface area contributed by atoms with E-state index in [0.29, 0.717) is 6.54 Å². The quantitative estimate of drug-likeness (QED) is 0.811. The number of nitrogens with two attached hydrogens (primary N) is 1. The highest BCUT2D eigenvalue weighted by Crippen LogP contribution is 2.11. The van der Waals surface area contributed by atoms with Gasteiger partial charge in [0.25, 0.3) is 0 Å². The Labute approximate surface area is 103 Å². The second kappa shape index (κ2) is 5.62. The standard InChI is InChI=1S/C12H22N4O/c1-3-10-6-11(15(2)14-10)8-16-4-5-17-12(7-13)9-16/h6,12H,3-5,7-9,13H2,1-2H3. The summed E-state index contributed by atoms with van der Waals surface area (Å²) in [4.78, 5) is 2.39. The van der Waals surface area contributed by atoms with Crippen molar-refractivity contribution >= 4 is 0 Å². The number of hydrogen-bond donors (Lipinski definition) is 1. The first-order valence-corrected chi connectivity index (χ1v) is 6.28. The molecule has 5 nitrogen and oxygen atoms in total. The zero-order valence-electron chi connectivity index (χ0n) is 10.7. The maximum absolute atomic E-state index is 5.65. The number of morpholine rings is 1. The Hall–Kier alpha value is -0.910. The lowest BCUT2D eigenvalue weighted by Crippen LogP contribution is -2.45. The molecule has 1 atom stereocenters. The van der Waals surface area contributed by atoms with E-state index < -0.39 is 0 Å². The predicted molar refractivity (Wildman–Crippen MR) is 66.7 cm³/mol. The third kappa shape index (κ3) is 3.06. The van der Waals surface area contributed by atoms with Crippen molar-refractivity contribution in [3.8, 4) is 0 Å². The molecule has 1 unspecified atom stereocenters. The van der Waals surface area contributed by atoms with Crippen LogP contribution in [0.25, 0.3) is 0 Å². The van der Waals surface area contributed by atoms with Gasteiger partial charge < -0.3 is 10.5 Å². The van der Waals surface area contributed by atoms with Crippen molar-refractivity contribution in [1.29, 1.82) is 0 Å². The highest BCUT2D eigenvalue weighted by Gasteiger charge is 2.20.